The van der Waals surface area contributed by atoms with Crippen LogP contribution in [0, 0.1) is 5.82 Å². The molecule has 2 saturated heterocycles. The van der Waals surface area contributed by atoms with E-state index in [2.05, 4.69) is 9.88 Å². The van der Waals surface area contributed by atoms with Crippen molar-refractivity contribution < 1.29 is 14.0 Å². The first kappa shape index (κ1) is 18.2. The van der Waals surface area contributed by atoms with Crippen molar-refractivity contribution in [2.45, 2.75) is 0 Å². The van der Waals surface area contributed by atoms with E-state index in [1.165, 1.54) is 12.1 Å². The molecule has 0 atom stereocenters. The lowest BCUT2D eigenvalue weighted by atomic mass is 10.3. The molecule has 3 amide bonds. The fourth-order valence-corrected chi connectivity index (χ4v) is 3.58. The molecule has 0 unspecified atom stereocenters. The second kappa shape index (κ2) is 7.84. The molecule has 0 saturated carbocycles. The predicted molar refractivity (Wildman–Crippen MR) is 104 cm³/mol. The first-order valence-electron chi connectivity index (χ1n) is 9.37. The van der Waals surface area contributed by atoms with E-state index in [0.717, 1.165) is 18.9 Å². The lowest BCUT2D eigenvalue weighted by Crippen LogP contribution is -2.51. The number of pyridine rings is 1. The smallest absolute Gasteiger partial charge is 0.325 e. The van der Waals surface area contributed by atoms with Crippen LogP contribution in [0.2, 0.25) is 0 Å². The number of hydrogen-bond donors (Lipinski definition) is 0. The maximum atomic E-state index is 13.1. The summed E-state index contributed by atoms with van der Waals surface area (Å²) in [6.45, 7) is 3.70. The molecule has 0 spiro atoms. The summed E-state index contributed by atoms with van der Waals surface area (Å²) in [6, 6.07) is 11.4. The molecule has 2 aromatic rings. The van der Waals surface area contributed by atoms with Gasteiger partial charge >= 0.3 is 6.03 Å². The summed E-state index contributed by atoms with van der Waals surface area (Å²) in [5.41, 5.74) is 0.644. The Morgan fingerprint density at radius 3 is 2.39 bits per heavy atom. The molecule has 7 nitrogen and oxygen atoms in total. The maximum absolute atomic E-state index is 13.1. The first-order chi connectivity index (χ1) is 13.6. The van der Waals surface area contributed by atoms with Gasteiger partial charge in [-0.05, 0) is 36.4 Å². The fourth-order valence-electron chi connectivity index (χ4n) is 3.58. The molecule has 4 rings (SSSR count). The normalized spacial score (nSPS) is 17.4. The van der Waals surface area contributed by atoms with E-state index in [-0.39, 0.29) is 24.3 Å². The number of nitrogens with zero attached hydrogens (tertiary/aromatic N) is 5. The number of anilines is 2. The highest BCUT2D eigenvalue weighted by molar-refractivity contribution is 5.96. The largest absolute Gasteiger partial charge is 0.353 e. The monoisotopic (exact) mass is 383 g/mol. The average Bonchev–Trinajstić information content (AvgIpc) is 3.09. The molecule has 2 fully saturated rings. The molecule has 28 heavy (non-hydrogen) atoms. The molecule has 0 radical (unpaired) electrons. The van der Waals surface area contributed by atoms with Crippen LogP contribution in [0.15, 0.2) is 48.7 Å². The topological polar surface area (TPSA) is 60.0 Å². The molecule has 2 aliphatic heterocycles. The van der Waals surface area contributed by atoms with Crippen LogP contribution >= 0.6 is 0 Å². The molecule has 1 aromatic heterocycles. The van der Waals surface area contributed by atoms with Crippen molar-refractivity contribution in [1.82, 2.24) is 14.8 Å². The molecule has 0 aliphatic carbocycles. The van der Waals surface area contributed by atoms with Gasteiger partial charge in [-0.3, -0.25) is 9.69 Å². The van der Waals surface area contributed by atoms with Crippen molar-refractivity contribution >= 4 is 23.4 Å². The highest BCUT2D eigenvalue weighted by atomic mass is 19.1. The van der Waals surface area contributed by atoms with Gasteiger partial charge in [0.15, 0.2) is 0 Å². The van der Waals surface area contributed by atoms with Crippen LogP contribution in [-0.2, 0) is 4.79 Å². The SMILES string of the molecule is O=C(CN1CCN(c2ccc(F)cc2)C1=O)N1CCN(c2ccccn2)CC1. The quantitative estimate of drug-likeness (QED) is 0.808. The van der Waals surface area contributed by atoms with Crippen LogP contribution in [0.4, 0.5) is 20.7 Å². The van der Waals surface area contributed by atoms with Crippen LogP contribution in [0.5, 0.6) is 0 Å². The van der Waals surface area contributed by atoms with Crippen LogP contribution < -0.4 is 9.80 Å². The average molecular weight is 383 g/mol. The van der Waals surface area contributed by atoms with E-state index < -0.39 is 0 Å². The predicted octanol–water partition coefficient (Wildman–Crippen LogP) is 1.81. The minimum atomic E-state index is -0.340. The van der Waals surface area contributed by atoms with Gasteiger partial charge in [0, 0.05) is 51.2 Å². The summed E-state index contributed by atoms with van der Waals surface area (Å²) in [4.78, 5) is 36.7. The summed E-state index contributed by atoms with van der Waals surface area (Å²) in [5, 5.41) is 0. The third-order valence-electron chi connectivity index (χ3n) is 5.17. The third-order valence-corrected chi connectivity index (χ3v) is 5.17. The Bertz CT molecular complexity index is 837. The Hall–Kier alpha value is -3.16. The van der Waals surface area contributed by atoms with Gasteiger partial charge in [0.05, 0.1) is 0 Å². The lowest BCUT2D eigenvalue weighted by molar-refractivity contribution is -0.131. The second-order valence-electron chi connectivity index (χ2n) is 6.89. The van der Waals surface area contributed by atoms with E-state index in [0.29, 0.717) is 31.9 Å². The molecule has 3 heterocycles. The third kappa shape index (κ3) is 3.76. The molecule has 0 N–H and O–H groups in total. The molecule has 2 aliphatic rings. The number of aromatic nitrogens is 1. The zero-order chi connectivity index (χ0) is 19.5. The minimum Gasteiger partial charge on any atom is -0.353 e. The number of benzene rings is 1. The fraction of sp³-hybridized carbons (Fsp3) is 0.350. The number of rotatable bonds is 4. The molecule has 0 bridgehead atoms. The number of hydrogen-bond acceptors (Lipinski definition) is 4. The molecular formula is C20H22FN5O2. The van der Waals surface area contributed by atoms with Gasteiger partial charge < -0.3 is 14.7 Å². The number of halogens is 1. The summed E-state index contributed by atoms with van der Waals surface area (Å²) in [7, 11) is 0. The minimum absolute atomic E-state index is 0.0463. The highest BCUT2D eigenvalue weighted by Crippen LogP contribution is 2.21. The number of carbonyl (C=O) groups excluding carboxylic acids is 2. The van der Waals surface area contributed by atoms with Gasteiger partial charge in [0.2, 0.25) is 5.91 Å². The van der Waals surface area contributed by atoms with E-state index in [1.807, 2.05) is 18.2 Å². The standard InChI is InChI=1S/C20H22FN5O2/c21-16-4-6-17(7-5-16)26-14-13-25(20(26)28)15-19(27)24-11-9-23(10-12-24)18-3-1-2-8-22-18/h1-8H,9-15H2. The summed E-state index contributed by atoms with van der Waals surface area (Å²) in [6.07, 6.45) is 1.76. The van der Waals surface area contributed by atoms with Crippen LogP contribution in [0.25, 0.3) is 0 Å². The first-order valence-corrected chi connectivity index (χ1v) is 9.37. The Morgan fingerprint density at radius 1 is 0.964 bits per heavy atom. The van der Waals surface area contributed by atoms with Crippen molar-refractivity contribution in [2.24, 2.45) is 0 Å². The second-order valence-corrected chi connectivity index (χ2v) is 6.89. The summed E-state index contributed by atoms with van der Waals surface area (Å²) in [5.74, 6) is 0.529. The van der Waals surface area contributed by atoms with Crippen LogP contribution in [0.3, 0.4) is 0 Å². The van der Waals surface area contributed by atoms with Crippen molar-refractivity contribution in [1.29, 1.82) is 0 Å². The molecule has 1 aromatic carbocycles. The number of piperazine rings is 1. The zero-order valence-electron chi connectivity index (χ0n) is 15.5. The highest BCUT2D eigenvalue weighted by Gasteiger charge is 2.32. The summed E-state index contributed by atoms with van der Waals surface area (Å²) < 4.78 is 13.1. The summed E-state index contributed by atoms with van der Waals surface area (Å²) >= 11 is 0. The number of amides is 3. The maximum Gasteiger partial charge on any atom is 0.325 e. The number of carbonyl (C=O) groups is 2. The van der Waals surface area contributed by atoms with Crippen molar-refractivity contribution in [3.8, 4) is 0 Å². The van der Waals surface area contributed by atoms with Gasteiger partial charge in [0.1, 0.15) is 18.2 Å². The lowest BCUT2D eigenvalue weighted by Gasteiger charge is -2.36. The molecular weight excluding hydrogens is 361 g/mol. The van der Waals surface area contributed by atoms with E-state index >= 15 is 0 Å². The van der Waals surface area contributed by atoms with Gasteiger partial charge in [0.25, 0.3) is 0 Å². The van der Waals surface area contributed by atoms with Crippen molar-refractivity contribution in [2.75, 3.05) is 55.6 Å². The van der Waals surface area contributed by atoms with Crippen molar-refractivity contribution in [3.63, 3.8) is 0 Å². The zero-order valence-corrected chi connectivity index (χ0v) is 15.5. The van der Waals surface area contributed by atoms with E-state index in [4.69, 9.17) is 0 Å². The number of urea groups is 1. The van der Waals surface area contributed by atoms with Gasteiger partial charge in [-0.2, -0.15) is 0 Å². The van der Waals surface area contributed by atoms with E-state index in [1.54, 1.807) is 33.0 Å². The van der Waals surface area contributed by atoms with Gasteiger partial charge in [-0.25, -0.2) is 14.2 Å². The Morgan fingerprint density at radius 2 is 1.71 bits per heavy atom. The Labute approximate surface area is 163 Å². The van der Waals surface area contributed by atoms with Crippen LogP contribution in [-0.4, -0.2) is 72.5 Å². The van der Waals surface area contributed by atoms with Crippen molar-refractivity contribution in [3.05, 3.63) is 54.5 Å². The molecule has 146 valence electrons. The molecule has 8 heteroatoms. The van der Waals surface area contributed by atoms with E-state index in [9.17, 15) is 14.0 Å². The Balaban J connectivity index is 1.31. The van der Waals surface area contributed by atoms with Gasteiger partial charge in [-0.1, -0.05) is 6.07 Å². The van der Waals surface area contributed by atoms with Gasteiger partial charge in [-0.15, -0.1) is 0 Å². The Kier molecular flexibility index (Phi) is 5.10. The van der Waals surface area contributed by atoms with Crippen LogP contribution in [0.1, 0.15) is 0 Å².